The van der Waals surface area contributed by atoms with E-state index in [4.69, 9.17) is 0 Å². The van der Waals surface area contributed by atoms with Crippen LogP contribution in [0, 0.1) is 0 Å². The molecule has 0 spiro atoms. The van der Waals surface area contributed by atoms with Gasteiger partial charge in [0, 0.05) is 17.8 Å². The summed E-state index contributed by atoms with van der Waals surface area (Å²) in [5, 5.41) is 2.64. The van der Waals surface area contributed by atoms with Crippen molar-refractivity contribution in [1.82, 2.24) is 5.32 Å². The number of carbonyl (C=O) groups excluding carboxylic acids is 2. The first kappa shape index (κ1) is 20.7. The van der Waals surface area contributed by atoms with Crippen LogP contribution in [0.15, 0.2) is 72.8 Å². The Bertz CT molecular complexity index is 1120. The highest BCUT2D eigenvalue weighted by atomic mass is 19.4. The zero-order chi connectivity index (χ0) is 22.0. The van der Waals surface area contributed by atoms with E-state index >= 15 is 0 Å². The van der Waals surface area contributed by atoms with Gasteiger partial charge in [-0.2, -0.15) is 13.2 Å². The van der Waals surface area contributed by atoms with E-state index in [0.29, 0.717) is 17.7 Å². The average Bonchev–Trinajstić information content (AvgIpc) is 3.21. The molecule has 2 amide bonds. The van der Waals surface area contributed by atoms with Crippen molar-refractivity contribution in [3.05, 3.63) is 89.5 Å². The number of rotatable bonds is 4. The third-order valence-electron chi connectivity index (χ3n) is 5.28. The Morgan fingerprint density at radius 3 is 2.32 bits per heavy atom. The molecule has 31 heavy (non-hydrogen) atoms. The third kappa shape index (κ3) is 4.30. The molecule has 0 radical (unpaired) electrons. The maximum absolute atomic E-state index is 12.8. The number of hydrogen-bond acceptors (Lipinski definition) is 2. The highest BCUT2D eigenvalue weighted by Gasteiger charge is 2.30. The largest absolute Gasteiger partial charge is 0.416 e. The summed E-state index contributed by atoms with van der Waals surface area (Å²) in [5.41, 5.74) is 2.46. The molecule has 158 valence electrons. The minimum absolute atomic E-state index is 0.172. The quantitative estimate of drug-likeness (QED) is 0.661. The van der Waals surface area contributed by atoms with Crippen LogP contribution in [0.25, 0.3) is 11.1 Å². The van der Waals surface area contributed by atoms with Crippen molar-refractivity contribution in [2.75, 3.05) is 18.0 Å². The lowest BCUT2D eigenvalue weighted by molar-refractivity contribution is -0.137. The van der Waals surface area contributed by atoms with Crippen molar-refractivity contribution < 1.29 is 22.8 Å². The van der Waals surface area contributed by atoms with E-state index in [-0.39, 0.29) is 18.0 Å². The minimum Gasteiger partial charge on any atom is -0.343 e. The van der Waals surface area contributed by atoms with E-state index in [1.54, 1.807) is 29.2 Å². The van der Waals surface area contributed by atoms with Gasteiger partial charge in [-0.25, -0.2) is 0 Å². The van der Waals surface area contributed by atoms with Crippen LogP contribution in [0.3, 0.4) is 0 Å². The topological polar surface area (TPSA) is 49.4 Å². The number of fused-ring (bicyclic) bond motifs is 1. The number of nitrogens with one attached hydrogen (secondary N) is 1. The summed E-state index contributed by atoms with van der Waals surface area (Å²) in [5.74, 6) is -0.679. The Kier molecular flexibility index (Phi) is 5.50. The van der Waals surface area contributed by atoms with Crippen molar-refractivity contribution in [3.63, 3.8) is 0 Å². The maximum atomic E-state index is 12.8. The first-order chi connectivity index (χ1) is 14.8. The smallest absolute Gasteiger partial charge is 0.343 e. The summed E-state index contributed by atoms with van der Waals surface area (Å²) < 4.78 is 38.5. The van der Waals surface area contributed by atoms with Gasteiger partial charge in [0.1, 0.15) is 0 Å². The molecule has 1 heterocycles. The molecule has 3 aromatic carbocycles. The van der Waals surface area contributed by atoms with E-state index in [1.807, 2.05) is 24.3 Å². The van der Waals surface area contributed by atoms with Crippen LogP contribution in [0.1, 0.15) is 21.5 Å². The number of amides is 2. The zero-order valence-corrected chi connectivity index (χ0v) is 16.4. The minimum atomic E-state index is -4.43. The van der Waals surface area contributed by atoms with Crippen LogP contribution in [-0.2, 0) is 17.4 Å². The van der Waals surface area contributed by atoms with Gasteiger partial charge in [0.15, 0.2) is 0 Å². The Hall–Kier alpha value is -3.61. The molecule has 0 saturated heterocycles. The van der Waals surface area contributed by atoms with Gasteiger partial charge in [0.2, 0.25) is 5.91 Å². The summed E-state index contributed by atoms with van der Waals surface area (Å²) in [6.07, 6.45) is -3.66. The molecule has 0 fully saturated rings. The van der Waals surface area contributed by atoms with E-state index in [9.17, 15) is 22.8 Å². The lowest BCUT2D eigenvalue weighted by Gasteiger charge is -2.18. The highest BCUT2D eigenvalue weighted by Crippen LogP contribution is 2.32. The molecule has 4 rings (SSSR count). The van der Waals surface area contributed by atoms with Gasteiger partial charge in [-0.3, -0.25) is 9.59 Å². The van der Waals surface area contributed by atoms with Crippen molar-refractivity contribution in [2.45, 2.75) is 12.6 Å². The molecule has 1 N–H and O–H groups in total. The van der Waals surface area contributed by atoms with Crippen molar-refractivity contribution in [3.8, 4) is 11.1 Å². The number of benzene rings is 3. The monoisotopic (exact) mass is 424 g/mol. The fourth-order valence-corrected chi connectivity index (χ4v) is 3.72. The number of nitrogens with zero attached hydrogens (tertiary/aromatic N) is 1. The predicted molar refractivity (Wildman–Crippen MR) is 112 cm³/mol. The van der Waals surface area contributed by atoms with Crippen LogP contribution in [-0.4, -0.2) is 24.9 Å². The van der Waals surface area contributed by atoms with Gasteiger partial charge in [-0.15, -0.1) is 0 Å². The lowest BCUT2D eigenvalue weighted by atomic mass is 9.98. The summed E-state index contributed by atoms with van der Waals surface area (Å²) in [6.45, 7) is 0.394. The van der Waals surface area contributed by atoms with Gasteiger partial charge >= 0.3 is 6.18 Å². The second kappa shape index (κ2) is 8.26. The van der Waals surface area contributed by atoms with E-state index in [0.717, 1.165) is 29.8 Å². The molecule has 7 heteroatoms. The summed E-state index contributed by atoms with van der Waals surface area (Å²) in [7, 11) is 0. The molecular weight excluding hydrogens is 405 g/mol. The molecule has 0 aromatic heterocycles. The molecule has 0 bridgehead atoms. The fourth-order valence-electron chi connectivity index (χ4n) is 3.72. The second-order valence-electron chi connectivity index (χ2n) is 7.23. The zero-order valence-electron chi connectivity index (χ0n) is 16.4. The van der Waals surface area contributed by atoms with E-state index in [1.165, 1.54) is 12.1 Å². The summed E-state index contributed by atoms with van der Waals surface area (Å²) in [6, 6.07) is 18.9. The Morgan fingerprint density at radius 2 is 1.58 bits per heavy atom. The SMILES string of the molecule is O=C(NCC(=O)N1CCc2ccccc21)c1ccccc1-c1ccc(C(F)(F)F)cc1. The van der Waals surface area contributed by atoms with Crippen LogP contribution < -0.4 is 10.2 Å². The van der Waals surface area contributed by atoms with Gasteiger partial charge in [0.25, 0.3) is 5.91 Å². The van der Waals surface area contributed by atoms with Crippen molar-refractivity contribution >= 4 is 17.5 Å². The average molecular weight is 424 g/mol. The number of halogens is 3. The normalized spacial score (nSPS) is 13.1. The first-order valence-electron chi connectivity index (χ1n) is 9.78. The van der Waals surface area contributed by atoms with Crippen molar-refractivity contribution in [1.29, 1.82) is 0 Å². The Balaban J connectivity index is 1.48. The molecular formula is C24H19F3N2O2. The molecule has 0 unspecified atom stereocenters. The van der Waals surface area contributed by atoms with Crippen LogP contribution in [0.4, 0.5) is 18.9 Å². The Labute approximate surface area is 177 Å². The molecule has 0 saturated carbocycles. The number of hydrogen-bond donors (Lipinski definition) is 1. The lowest BCUT2D eigenvalue weighted by Crippen LogP contribution is -2.39. The second-order valence-corrected chi connectivity index (χ2v) is 7.23. The number of carbonyl (C=O) groups is 2. The number of para-hydroxylation sites is 1. The number of anilines is 1. The van der Waals surface area contributed by atoms with Gasteiger partial charge < -0.3 is 10.2 Å². The third-order valence-corrected chi connectivity index (χ3v) is 5.28. The van der Waals surface area contributed by atoms with Crippen LogP contribution in [0.5, 0.6) is 0 Å². The fraction of sp³-hybridized carbons (Fsp3) is 0.167. The van der Waals surface area contributed by atoms with Crippen molar-refractivity contribution in [2.24, 2.45) is 0 Å². The first-order valence-corrected chi connectivity index (χ1v) is 9.78. The molecule has 0 aliphatic carbocycles. The summed E-state index contributed by atoms with van der Waals surface area (Å²) in [4.78, 5) is 27.1. The van der Waals surface area contributed by atoms with Crippen LogP contribution in [0.2, 0.25) is 0 Å². The van der Waals surface area contributed by atoms with Gasteiger partial charge in [0.05, 0.1) is 12.1 Å². The molecule has 1 aliphatic heterocycles. The van der Waals surface area contributed by atoms with Gasteiger partial charge in [-0.1, -0.05) is 48.5 Å². The maximum Gasteiger partial charge on any atom is 0.416 e. The predicted octanol–water partition coefficient (Wildman–Crippen LogP) is 4.69. The summed E-state index contributed by atoms with van der Waals surface area (Å²) >= 11 is 0. The Morgan fingerprint density at radius 1 is 0.903 bits per heavy atom. The molecule has 3 aromatic rings. The number of alkyl halides is 3. The van der Waals surface area contributed by atoms with Crippen LogP contribution >= 0.6 is 0 Å². The highest BCUT2D eigenvalue weighted by molar-refractivity contribution is 6.04. The molecule has 4 nitrogen and oxygen atoms in total. The van der Waals surface area contributed by atoms with E-state index < -0.39 is 17.6 Å². The molecule has 1 aliphatic rings. The molecule has 0 atom stereocenters. The van der Waals surface area contributed by atoms with Gasteiger partial charge in [-0.05, 0) is 47.4 Å². The van der Waals surface area contributed by atoms with E-state index in [2.05, 4.69) is 5.32 Å². The standard InChI is InChI=1S/C24H19F3N2O2/c25-24(26,27)18-11-9-16(10-12-18)19-6-2-3-7-20(19)23(31)28-15-22(30)29-14-13-17-5-1-4-8-21(17)29/h1-12H,13-15H2,(H,28,31).